The zero-order valence-electron chi connectivity index (χ0n) is 21.6. The van der Waals surface area contributed by atoms with Crippen molar-refractivity contribution in [2.24, 2.45) is 0 Å². The highest BCUT2D eigenvalue weighted by Crippen LogP contribution is 2.50. The molecule has 0 radical (unpaired) electrons. The van der Waals surface area contributed by atoms with E-state index in [-0.39, 0.29) is 17.5 Å². The van der Waals surface area contributed by atoms with Crippen molar-refractivity contribution in [3.8, 4) is 11.5 Å². The molecule has 5 rings (SSSR count). The predicted octanol–water partition coefficient (Wildman–Crippen LogP) is 7.14. The SMILES string of the molecule is CCCN1C2=C(C(=O)CCC2)C(c2ccc(OCc3ccccc3Cl)c(OCC)c2)C2=C1CCCC2=O. The Morgan fingerprint density at radius 2 is 1.54 bits per heavy atom. The summed E-state index contributed by atoms with van der Waals surface area (Å²) in [7, 11) is 0. The Morgan fingerprint density at radius 1 is 0.865 bits per heavy atom. The number of halogens is 1. The van der Waals surface area contributed by atoms with Gasteiger partial charge < -0.3 is 14.4 Å². The summed E-state index contributed by atoms with van der Waals surface area (Å²) in [5, 5.41) is 0.654. The Kier molecular flexibility index (Phi) is 7.71. The summed E-state index contributed by atoms with van der Waals surface area (Å²) in [4.78, 5) is 29.2. The second-order valence-corrected chi connectivity index (χ2v) is 10.3. The van der Waals surface area contributed by atoms with Gasteiger partial charge in [0, 0.05) is 58.4 Å². The monoisotopic (exact) mass is 519 g/mol. The van der Waals surface area contributed by atoms with Gasteiger partial charge in [-0.05, 0) is 62.8 Å². The number of nitrogens with zero attached hydrogens (tertiary/aromatic N) is 1. The van der Waals surface area contributed by atoms with E-state index in [1.807, 2.05) is 49.4 Å². The number of carbonyl (C=O) groups excluding carboxylic acids is 2. The number of benzene rings is 2. The lowest BCUT2D eigenvalue weighted by Crippen LogP contribution is -2.39. The molecule has 1 heterocycles. The molecule has 0 spiro atoms. The number of ether oxygens (including phenoxy) is 2. The highest BCUT2D eigenvalue weighted by molar-refractivity contribution is 6.31. The van der Waals surface area contributed by atoms with E-state index in [4.69, 9.17) is 21.1 Å². The van der Waals surface area contributed by atoms with Crippen LogP contribution in [0.25, 0.3) is 0 Å². The Hall–Kier alpha value is -3.05. The van der Waals surface area contributed by atoms with Gasteiger partial charge in [0.2, 0.25) is 0 Å². The van der Waals surface area contributed by atoms with Crippen LogP contribution in [-0.2, 0) is 16.2 Å². The molecule has 0 atom stereocenters. The van der Waals surface area contributed by atoms with Gasteiger partial charge >= 0.3 is 0 Å². The van der Waals surface area contributed by atoms with Gasteiger partial charge in [0.05, 0.1) is 6.61 Å². The minimum absolute atomic E-state index is 0.161. The molecule has 0 bridgehead atoms. The first kappa shape index (κ1) is 25.6. The van der Waals surface area contributed by atoms with Crippen LogP contribution >= 0.6 is 11.6 Å². The first-order valence-electron chi connectivity index (χ1n) is 13.5. The van der Waals surface area contributed by atoms with E-state index in [2.05, 4.69) is 11.8 Å². The average molecular weight is 520 g/mol. The van der Waals surface area contributed by atoms with E-state index < -0.39 is 0 Å². The van der Waals surface area contributed by atoms with Crippen LogP contribution in [0.5, 0.6) is 11.5 Å². The van der Waals surface area contributed by atoms with E-state index in [0.717, 1.165) is 72.3 Å². The molecule has 0 aromatic heterocycles. The van der Waals surface area contributed by atoms with Crippen molar-refractivity contribution in [2.75, 3.05) is 13.2 Å². The summed E-state index contributed by atoms with van der Waals surface area (Å²) >= 11 is 6.32. The van der Waals surface area contributed by atoms with Gasteiger partial charge in [-0.3, -0.25) is 9.59 Å². The number of hydrogen-bond donors (Lipinski definition) is 0. The van der Waals surface area contributed by atoms with Crippen molar-refractivity contribution < 1.29 is 19.1 Å². The van der Waals surface area contributed by atoms with Crippen molar-refractivity contribution in [3.05, 3.63) is 81.2 Å². The van der Waals surface area contributed by atoms with Crippen molar-refractivity contribution in [1.29, 1.82) is 0 Å². The molecule has 2 aromatic rings. The molecule has 2 aliphatic carbocycles. The third-order valence-corrected chi connectivity index (χ3v) is 7.84. The van der Waals surface area contributed by atoms with Gasteiger partial charge in [0.25, 0.3) is 0 Å². The largest absolute Gasteiger partial charge is 0.490 e. The second kappa shape index (κ2) is 11.1. The lowest BCUT2D eigenvalue weighted by Gasteiger charge is -2.44. The third kappa shape index (κ3) is 4.94. The molecule has 2 aromatic carbocycles. The van der Waals surface area contributed by atoms with Crippen LogP contribution in [0.15, 0.2) is 65.0 Å². The van der Waals surface area contributed by atoms with E-state index in [1.165, 1.54) is 0 Å². The second-order valence-electron chi connectivity index (χ2n) is 9.88. The first-order valence-corrected chi connectivity index (χ1v) is 13.8. The van der Waals surface area contributed by atoms with Gasteiger partial charge in [-0.1, -0.05) is 42.8 Å². The number of ketones is 2. The van der Waals surface area contributed by atoms with Gasteiger partial charge in [0.15, 0.2) is 23.1 Å². The Labute approximate surface area is 224 Å². The van der Waals surface area contributed by atoms with Gasteiger partial charge in [-0.2, -0.15) is 0 Å². The maximum Gasteiger partial charge on any atom is 0.161 e. The van der Waals surface area contributed by atoms with Crippen LogP contribution in [0.1, 0.15) is 75.8 Å². The van der Waals surface area contributed by atoms with Crippen LogP contribution in [0, 0.1) is 0 Å². The molecule has 37 heavy (non-hydrogen) atoms. The molecule has 3 aliphatic rings. The lowest BCUT2D eigenvalue weighted by molar-refractivity contribution is -0.117. The van der Waals surface area contributed by atoms with Crippen molar-refractivity contribution in [1.82, 2.24) is 4.90 Å². The van der Waals surface area contributed by atoms with E-state index in [9.17, 15) is 9.59 Å². The standard InChI is InChI=1S/C31H34ClNO4/c1-3-17-33-23-11-7-13-25(34)30(23)29(31-24(33)12-8-14-26(31)35)20-15-16-27(28(18-20)36-4-2)37-19-21-9-5-6-10-22(21)32/h5-6,9-10,15-16,18,29H,3-4,7-8,11-14,17,19H2,1-2H3. The van der Waals surface area contributed by atoms with E-state index in [0.29, 0.717) is 42.6 Å². The summed E-state index contributed by atoms with van der Waals surface area (Å²) in [5.41, 5.74) is 5.66. The zero-order chi connectivity index (χ0) is 25.9. The summed E-state index contributed by atoms with van der Waals surface area (Å²) in [5.74, 6) is 1.19. The summed E-state index contributed by atoms with van der Waals surface area (Å²) < 4.78 is 12.1. The molecule has 6 heteroatoms. The van der Waals surface area contributed by atoms with E-state index >= 15 is 0 Å². The minimum Gasteiger partial charge on any atom is -0.490 e. The van der Waals surface area contributed by atoms with Crippen LogP contribution in [0.4, 0.5) is 0 Å². The maximum absolute atomic E-state index is 13.4. The van der Waals surface area contributed by atoms with Crippen LogP contribution in [0.2, 0.25) is 5.02 Å². The topological polar surface area (TPSA) is 55.8 Å². The molecule has 0 amide bonds. The fourth-order valence-corrected chi connectivity index (χ4v) is 6.10. The maximum atomic E-state index is 13.4. The molecule has 0 saturated heterocycles. The summed E-state index contributed by atoms with van der Waals surface area (Å²) in [6.45, 7) is 5.71. The van der Waals surface area contributed by atoms with Crippen LogP contribution < -0.4 is 9.47 Å². The van der Waals surface area contributed by atoms with Gasteiger partial charge in [-0.15, -0.1) is 0 Å². The third-order valence-electron chi connectivity index (χ3n) is 7.48. The Bertz CT molecular complexity index is 1230. The van der Waals surface area contributed by atoms with Crippen LogP contribution in [-0.4, -0.2) is 29.6 Å². The molecule has 1 aliphatic heterocycles. The zero-order valence-corrected chi connectivity index (χ0v) is 22.4. The number of allylic oxidation sites excluding steroid dienone is 4. The van der Waals surface area contributed by atoms with Gasteiger partial charge in [0.1, 0.15) is 6.61 Å². The molecule has 0 saturated carbocycles. The summed E-state index contributed by atoms with van der Waals surface area (Å²) in [6, 6.07) is 13.5. The minimum atomic E-state index is -0.351. The van der Waals surface area contributed by atoms with Crippen molar-refractivity contribution in [3.63, 3.8) is 0 Å². The number of hydrogen-bond acceptors (Lipinski definition) is 5. The molecule has 5 nitrogen and oxygen atoms in total. The number of rotatable bonds is 8. The van der Waals surface area contributed by atoms with E-state index in [1.54, 1.807) is 0 Å². The Balaban J connectivity index is 1.57. The lowest BCUT2D eigenvalue weighted by atomic mass is 9.71. The van der Waals surface area contributed by atoms with Gasteiger partial charge in [-0.25, -0.2) is 0 Å². The predicted molar refractivity (Wildman–Crippen MR) is 145 cm³/mol. The molecule has 0 fully saturated rings. The Morgan fingerprint density at radius 3 is 2.16 bits per heavy atom. The molecule has 0 unspecified atom stereocenters. The fourth-order valence-electron chi connectivity index (χ4n) is 5.91. The normalized spacial score (nSPS) is 18.2. The molecule has 0 N–H and O–H groups in total. The summed E-state index contributed by atoms with van der Waals surface area (Å²) in [6.07, 6.45) is 5.50. The van der Waals surface area contributed by atoms with Crippen molar-refractivity contribution in [2.45, 2.75) is 71.3 Å². The number of Topliss-reactive ketones (excluding diaryl/α,β-unsaturated/α-hetero) is 2. The average Bonchev–Trinajstić information content (AvgIpc) is 2.90. The first-order chi connectivity index (χ1) is 18.0. The van der Waals surface area contributed by atoms with Crippen molar-refractivity contribution >= 4 is 23.2 Å². The molecular weight excluding hydrogens is 486 g/mol. The highest BCUT2D eigenvalue weighted by Gasteiger charge is 2.43. The quantitative estimate of drug-likeness (QED) is 0.371. The van der Waals surface area contributed by atoms with Crippen LogP contribution in [0.3, 0.4) is 0 Å². The molecular formula is C31H34ClNO4. The highest BCUT2D eigenvalue weighted by atomic mass is 35.5. The smallest absolute Gasteiger partial charge is 0.161 e. The number of carbonyl (C=O) groups is 2. The fraction of sp³-hybridized carbons (Fsp3) is 0.419. The molecule has 194 valence electrons.